The number of nitrogens with one attached hydrogen (secondary N) is 1. The third-order valence-electron chi connectivity index (χ3n) is 5.50. The molecule has 1 heterocycles. The van der Waals surface area contributed by atoms with Crippen molar-refractivity contribution in [1.29, 1.82) is 0 Å². The van der Waals surface area contributed by atoms with Crippen LogP contribution in [0.2, 0.25) is 0 Å². The highest BCUT2D eigenvalue weighted by molar-refractivity contribution is 5.91. The van der Waals surface area contributed by atoms with Crippen molar-refractivity contribution in [2.75, 3.05) is 14.1 Å². The predicted octanol–water partition coefficient (Wildman–Crippen LogP) is 4.52. The van der Waals surface area contributed by atoms with Crippen LogP contribution in [0, 0.1) is 0 Å². The number of aromatic nitrogens is 2. The molecule has 1 aromatic heterocycles. The summed E-state index contributed by atoms with van der Waals surface area (Å²) >= 11 is 0. The first-order valence-electron chi connectivity index (χ1n) is 10.5. The van der Waals surface area contributed by atoms with Crippen LogP contribution in [-0.4, -0.2) is 39.7 Å². The van der Waals surface area contributed by atoms with Crippen LogP contribution in [0.25, 0.3) is 28.5 Å². The van der Waals surface area contributed by atoms with Gasteiger partial charge in [-0.15, -0.1) is 0 Å². The first-order chi connectivity index (χ1) is 15.6. The number of fused-ring (bicyclic) bond motifs is 1. The molecule has 3 aromatic carbocycles. The third-order valence-corrected chi connectivity index (χ3v) is 5.50. The van der Waals surface area contributed by atoms with Crippen LogP contribution in [0.3, 0.4) is 0 Å². The lowest BCUT2D eigenvalue weighted by Gasteiger charge is -2.26. The Morgan fingerprint density at radius 2 is 1.81 bits per heavy atom. The summed E-state index contributed by atoms with van der Waals surface area (Å²) in [6, 6.07) is 26.7. The largest absolute Gasteiger partial charge is 0.322 e. The Labute approximate surface area is 187 Å². The van der Waals surface area contributed by atoms with Gasteiger partial charge in [0.2, 0.25) is 0 Å². The van der Waals surface area contributed by atoms with Gasteiger partial charge in [0.1, 0.15) is 5.82 Å². The summed E-state index contributed by atoms with van der Waals surface area (Å²) < 4.78 is 2.26. The normalized spacial score (nSPS) is 12.5. The molecular formula is C26H26N4O2. The molecule has 2 N–H and O–H groups in total. The summed E-state index contributed by atoms with van der Waals surface area (Å²) in [7, 11) is 4.18. The average molecular weight is 427 g/mol. The summed E-state index contributed by atoms with van der Waals surface area (Å²) in [4.78, 5) is 18.5. The number of para-hydroxylation sites is 2. The van der Waals surface area contributed by atoms with E-state index >= 15 is 0 Å². The lowest BCUT2D eigenvalue weighted by molar-refractivity contribution is -0.124. The second kappa shape index (κ2) is 9.60. The molecule has 0 aliphatic carbocycles. The zero-order chi connectivity index (χ0) is 22.5. The lowest BCUT2D eigenvalue weighted by atomic mass is 10.1. The van der Waals surface area contributed by atoms with Crippen LogP contribution in [0.15, 0.2) is 84.9 Å². The van der Waals surface area contributed by atoms with Gasteiger partial charge in [-0.2, -0.15) is 0 Å². The summed E-state index contributed by atoms with van der Waals surface area (Å²) in [5.74, 6) is 0.301. The minimum atomic E-state index is -0.570. The summed E-state index contributed by atoms with van der Waals surface area (Å²) in [6.45, 7) is 0.736. The molecule has 4 rings (SSSR count). The zero-order valence-electron chi connectivity index (χ0n) is 18.1. The third kappa shape index (κ3) is 4.61. The molecule has 0 saturated carbocycles. The number of amides is 1. The number of benzene rings is 3. The van der Waals surface area contributed by atoms with Gasteiger partial charge in [-0.25, -0.2) is 10.5 Å². The number of hydroxylamine groups is 1. The van der Waals surface area contributed by atoms with Crippen molar-refractivity contribution < 1.29 is 10.0 Å². The van der Waals surface area contributed by atoms with Gasteiger partial charge < -0.3 is 9.47 Å². The topological polar surface area (TPSA) is 70.4 Å². The molecule has 4 aromatic rings. The quantitative estimate of drug-likeness (QED) is 0.259. The van der Waals surface area contributed by atoms with E-state index in [4.69, 9.17) is 10.2 Å². The van der Waals surface area contributed by atoms with Gasteiger partial charge >= 0.3 is 0 Å². The molecule has 0 fully saturated rings. The van der Waals surface area contributed by atoms with E-state index in [0.717, 1.165) is 34.5 Å². The van der Waals surface area contributed by atoms with Gasteiger partial charge in [0.05, 0.1) is 17.1 Å². The van der Waals surface area contributed by atoms with Gasteiger partial charge in [0.15, 0.2) is 0 Å². The molecule has 0 aliphatic rings. The molecule has 0 spiro atoms. The summed E-state index contributed by atoms with van der Waals surface area (Å²) in [5, 5.41) is 8.72. The number of hydrogen-bond donors (Lipinski definition) is 2. The Kier molecular flexibility index (Phi) is 6.44. The van der Waals surface area contributed by atoms with Crippen molar-refractivity contribution in [3.63, 3.8) is 0 Å². The molecule has 1 atom stereocenters. The number of likely N-dealkylation sites (N-methyl/N-ethyl adjacent to an activating group) is 1. The smallest absolute Gasteiger partial charge is 0.267 e. The van der Waals surface area contributed by atoms with Gasteiger partial charge in [-0.1, -0.05) is 60.7 Å². The highest BCUT2D eigenvalue weighted by Crippen LogP contribution is 2.29. The Morgan fingerprint density at radius 3 is 2.56 bits per heavy atom. The van der Waals surface area contributed by atoms with E-state index in [2.05, 4.69) is 53.9 Å². The van der Waals surface area contributed by atoms with Gasteiger partial charge in [0, 0.05) is 18.2 Å². The number of carbonyl (C=O) groups excluding carboxylic acids is 1. The molecule has 1 unspecified atom stereocenters. The van der Waals surface area contributed by atoms with Crippen LogP contribution < -0.4 is 5.48 Å². The fraction of sp³-hybridized carbons (Fsp3) is 0.154. The highest BCUT2D eigenvalue weighted by Gasteiger charge is 2.20. The molecule has 6 heteroatoms. The minimum absolute atomic E-state index is 0.170. The van der Waals surface area contributed by atoms with Crippen LogP contribution in [-0.2, 0) is 11.3 Å². The number of carbonyl (C=O) groups is 1. The van der Waals surface area contributed by atoms with E-state index in [1.54, 1.807) is 11.6 Å². The zero-order valence-corrected chi connectivity index (χ0v) is 18.1. The fourth-order valence-corrected chi connectivity index (χ4v) is 3.89. The highest BCUT2D eigenvalue weighted by atomic mass is 16.5. The lowest BCUT2D eigenvalue weighted by Crippen LogP contribution is -2.25. The maximum atomic E-state index is 11.4. The first kappa shape index (κ1) is 21.5. The molecule has 0 aliphatic heterocycles. The Hall–Kier alpha value is -3.74. The molecular weight excluding hydrogens is 400 g/mol. The molecule has 162 valence electrons. The van der Waals surface area contributed by atoms with Crippen molar-refractivity contribution in [3.8, 4) is 11.4 Å². The van der Waals surface area contributed by atoms with Crippen molar-refractivity contribution in [3.05, 3.63) is 96.1 Å². The number of rotatable bonds is 7. The van der Waals surface area contributed by atoms with Crippen molar-refractivity contribution in [1.82, 2.24) is 19.9 Å². The van der Waals surface area contributed by atoms with E-state index < -0.39 is 5.91 Å². The summed E-state index contributed by atoms with van der Waals surface area (Å²) in [5.41, 5.74) is 6.67. The maximum absolute atomic E-state index is 11.4. The molecule has 6 nitrogen and oxygen atoms in total. The Balaban J connectivity index is 1.79. The number of imidazole rings is 1. The second-order valence-electron chi connectivity index (χ2n) is 7.86. The van der Waals surface area contributed by atoms with Crippen LogP contribution >= 0.6 is 0 Å². The molecule has 0 bridgehead atoms. The molecule has 0 radical (unpaired) electrons. The average Bonchev–Trinajstić information content (AvgIpc) is 3.20. The van der Waals surface area contributed by atoms with Crippen molar-refractivity contribution in [2.24, 2.45) is 0 Å². The molecule has 1 amide bonds. The number of hydrogen-bond acceptors (Lipinski definition) is 4. The fourth-order valence-electron chi connectivity index (χ4n) is 3.89. The van der Waals surface area contributed by atoms with E-state index in [1.807, 2.05) is 48.5 Å². The van der Waals surface area contributed by atoms with E-state index in [1.165, 1.54) is 11.6 Å². The SMILES string of the molecule is CN(C)C(Cn1c(-c2cccc(C=CC(=O)NO)c2)nc2ccccc21)c1ccccc1. The minimum Gasteiger partial charge on any atom is -0.322 e. The van der Waals surface area contributed by atoms with Crippen LogP contribution in [0.1, 0.15) is 17.2 Å². The molecule has 0 saturated heterocycles. The monoisotopic (exact) mass is 426 g/mol. The van der Waals surface area contributed by atoms with Crippen LogP contribution in [0.5, 0.6) is 0 Å². The Bertz CT molecular complexity index is 1250. The Morgan fingerprint density at radius 1 is 1.06 bits per heavy atom. The molecule has 32 heavy (non-hydrogen) atoms. The van der Waals surface area contributed by atoms with E-state index in [9.17, 15) is 4.79 Å². The first-order valence-corrected chi connectivity index (χ1v) is 10.5. The maximum Gasteiger partial charge on any atom is 0.267 e. The second-order valence-corrected chi connectivity index (χ2v) is 7.86. The number of nitrogens with zero attached hydrogens (tertiary/aromatic N) is 3. The predicted molar refractivity (Wildman–Crippen MR) is 127 cm³/mol. The van der Waals surface area contributed by atoms with Gasteiger partial charge in [0.25, 0.3) is 5.91 Å². The van der Waals surface area contributed by atoms with Crippen molar-refractivity contribution in [2.45, 2.75) is 12.6 Å². The van der Waals surface area contributed by atoms with E-state index in [0.29, 0.717) is 0 Å². The van der Waals surface area contributed by atoms with Gasteiger partial charge in [-0.3, -0.25) is 10.0 Å². The van der Waals surface area contributed by atoms with Gasteiger partial charge in [-0.05, 0) is 49.5 Å². The van der Waals surface area contributed by atoms with E-state index in [-0.39, 0.29) is 6.04 Å². The van der Waals surface area contributed by atoms with Crippen LogP contribution in [0.4, 0.5) is 0 Å². The van der Waals surface area contributed by atoms with Crippen molar-refractivity contribution >= 4 is 23.0 Å². The summed E-state index contributed by atoms with van der Waals surface area (Å²) in [6.07, 6.45) is 2.95. The standard InChI is InChI=1S/C26H26N4O2/c1-29(2)24(20-10-4-3-5-11-20)18-30-23-14-7-6-13-22(23)27-26(30)21-12-8-9-19(17-21)15-16-25(31)28-32/h3-17,24,32H,18H2,1-2H3,(H,28,31).